The van der Waals surface area contributed by atoms with Crippen LogP contribution in [0, 0.1) is 0 Å². The van der Waals surface area contributed by atoms with Gasteiger partial charge in [0.05, 0.1) is 5.56 Å². The van der Waals surface area contributed by atoms with Gasteiger partial charge in [0.1, 0.15) is 0 Å². The van der Waals surface area contributed by atoms with Gasteiger partial charge in [0.25, 0.3) is 0 Å². The summed E-state index contributed by atoms with van der Waals surface area (Å²) in [5.41, 5.74) is 2.33. The molecule has 0 aliphatic rings. The Hall–Kier alpha value is -1.77. The fourth-order valence-electron chi connectivity index (χ4n) is 1.78. The van der Waals surface area contributed by atoms with E-state index >= 15 is 0 Å². The molecule has 20 heavy (non-hydrogen) atoms. The third-order valence-electron chi connectivity index (χ3n) is 2.91. The van der Waals surface area contributed by atoms with Crippen LogP contribution in [-0.4, -0.2) is 0 Å². The smallest absolute Gasteiger partial charge is 0.166 e. The van der Waals surface area contributed by atoms with Crippen molar-refractivity contribution in [2.24, 2.45) is 0 Å². The summed E-state index contributed by atoms with van der Waals surface area (Å²) in [6.45, 7) is 6.06. The molecule has 0 heterocycles. The van der Waals surface area contributed by atoms with Gasteiger partial charge in [0, 0.05) is 0 Å². The van der Waals surface area contributed by atoms with Gasteiger partial charge in [-0.2, -0.15) is 13.2 Å². The summed E-state index contributed by atoms with van der Waals surface area (Å²) in [6, 6.07) is 13.1. The minimum absolute atomic E-state index is 0.614. The molecule has 0 aliphatic carbocycles. The first-order valence-electron chi connectivity index (χ1n) is 6.77. The molecule has 0 unspecified atom stereocenters. The lowest BCUT2D eigenvalue weighted by molar-refractivity contribution is -0.137. The van der Waals surface area contributed by atoms with Crippen LogP contribution in [-0.2, 0) is 12.6 Å². The molecule has 108 valence electrons. The first kappa shape index (κ1) is 16.3. The Bertz CT molecular complexity index is 507. The van der Waals surface area contributed by atoms with E-state index in [0.29, 0.717) is 0 Å². The van der Waals surface area contributed by atoms with Crippen molar-refractivity contribution in [2.45, 2.75) is 33.4 Å². The molecule has 2 aromatic carbocycles. The molecule has 0 fully saturated rings. The lowest BCUT2D eigenvalue weighted by Gasteiger charge is -2.08. The van der Waals surface area contributed by atoms with Crippen LogP contribution in [0.5, 0.6) is 0 Å². The van der Waals surface area contributed by atoms with Crippen molar-refractivity contribution in [3.63, 3.8) is 0 Å². The summed E-state index contributed by atoms with van der Waals surface area (Å²) in [5.74, 6) is 0. The van der Waals surface area contributed by atoms with Crippen molar-refractivity contribution in [1.29, 1.82) is 0 Å². The summed E-state index contributed by atoms with van der Waals surface area (Å²) in [6.07, 6.45) is -3.32. The lowest BCUT2D eigenvalue weighted by Crippen LogP contribution is -2.03. The highest BCUT2D eigenvalue weighted by Gasteiger charge is 2.29. The van der Waals surface area contributed by atoms with Crippen molar-refractivity contribution in [3.8, 4) is 11.1 Å². The van der Waals surface area contributed by atoms with E-state index in [1.54, 1.807) is 0 Å². The standard InChI is InChI=1S/C15H13F3.C2H6/c1-2-11-3-5-12(6-4-11)13-7-9-14(10-8-13)15(16,17)18;1-2/h3-10H,2H2,1H3;1-2H3. The van der Waals surface area contributed by atoms with Gasteiger partial charge < -0.3 is 0 Å². The number of halogens is 3. The summed E-state index contributed by atoms with van der Waals surface area (Å²) in [7, 11) is 0. The number of alkyl halides is 3. The highest BCUT2D eigenvalue weighted by molar-refractivity contribution is 5.64. The van der Waals surface area contributed by atoms with Crippen LogP contribution >= 0.6 is 0 Å². The van der Waals surface area contributed by atoms with Crippen molar-refractivity contribution in [3.05, 3.63) is 59.7 Å². The van der Waals surface area contributed by atoms with E-state index in [9.17, 15) is 13.2 Å². The Balaban J connectivity index is 0.000000956. The van der Waals surface area contributed by atoms with E-state index in [1.165, 1.54) is 17.7 Å². The zero-order valence-electron chi connectivity index (χ0n) is 12.0. The van der Waals surface area contributed by atoms with Gasteiger partial charge in [-0.1, -0.05) is 57.2 Å². The van der Waals surface area contributed by atoms with E-state index in [4.69, 9.17) is 0 Å². The summed E-state index contributed by atoms with van der Waals surface area (Å²) >= 11 is 0. The maximum absolute atomic E-state index is 12.4. The molecule has 0 spiro atoms. The maximum atomic E-state index is 12.4. The number of hydrogen-bond acceptors (Lipinski definition) is 0. The predicted octanol–water partition coefficient (Wildman–Crippen LogP) is 5.96. The molecule has 0 aliphatic heterocycles. The second-order valence-electron chi connectivity index (χ2n) is 4.13. The Morgan fingerprint density at radius 3 is 1.50 bits per heavy atom. The number of benzene rings is 2. The topological polar surface area (TPSA) is 0 Å². The number of rotatable bonds is 2. The van der Waals surface area contributed by atoms with Crippen LogP contribution in [0.25, 0.3) is 11.1 Å². The van der Waals surface area contributed by atoms with E-state index in [0.717, 1.165) is 29.7 Å². The molecule has 3 heteroatoms. The molecule has 0 nitrogen and oxygen atoms in total. The Morgan fingerprint density at radius 2 is 1.15 bits per heavy atom. The number of aryl methyl sites for hydroxylation is 1. The molecule has 0 saturated heterocycles. The maximum Gasteiger partial charge on any atom is 0.416 e. The second-order valence-corrected chi connectivity index (χ2v) is 4.13. The molecule has 0 amide bonds. The Morgan fingerprint density at radius 1 is 0.750 bits per heavy atom. The fraction of sp³-hybridized carbons (Fsp3) is 0.294. The monoisotopic (exact) mass is 280 g/mol. The molecule has 2 rings (SSSR count). The molecule has 0 aromatic heterocycles. The van der Waals surface area contributed by atoms with Gasteiger partial charge in [0.2, 0.25) is 0 Å². The summed E-state index contributed by atoms with van der Waals surface area (Å²) in [5, 5.41) is 0. The molecule has 2 aromatic rings. The predicted molar refractivity (Wildman–Crippen MR) is 77.6 cm³/mol. The zero-order valence-corrected chi connectivity index (χ0v) is 12.0. The van der Waals surface area contributed by atoms with Crippen molar-refractivity contribution in [1.82, 2.24) is 0 Å². The van der Waals surface area contributed by atoms with Crippen LogP contribution in [0.4, 0.5) is 13.2 Å². The lowest BCUT2D eigenvalue weighted by atomic mass is 10.0. The highest BCUT2D eigenvalue weighted by Crippen LogP contribution is 2.30. The minimum atomic E-state index is -4.27. The normalized spacial score (nSPS) is 10.7. The molecule has 0 saturated carbocycles. The van der Waals surface area contributed by atoms with Gasteiger partial charge in [-0.25, -0.2) is 0 Å². The Labute approximate surface area is 118 Å². The van der Waals surface area contributed by atoms with Gasteiger partial charge in [-0.05, 0) is 35.2 Å². The fourth-order valence-corrected chi connectivity index (χ4v) is 1.78. The van der Waals surface area contributed by atoms with Gasteiger partial charge in [-0.3, -0.25) is 0 Å². The van der Waals surface area contributed by atoms with Crippen molar-refractivity contribution in [2.75, 3.05) is 0 Å². The van der Waals surface area contributed by atoms with Gasteiger partial charge >= 0.3 is 6.18 Å². The Kier molecular flexibility index (Phi) is 5.81. The van der Waals surface area contributed by atoms with E-state index in [-0.39, 0.29) is 0 Å². The van der Waals surface area contributed by atoms with Crippen LogP contribution in [0.15, 0.2) is 48.5 Å². The molecule has 0 N–H and O–H groups in total. The molecular formula is C17H19F3. The zero-order chi connectivity index (χ0) is 15.2. The highest BCUT2D eigenvalue weighted by atomic mass is 19.4. The first-order chi connectivity index (χ1) is 9.50. The van der Waals surface area contributed by atoms with Crippen LogP contribution in [0.1, 0.15) is 31.9 Å². The van der Waals surface area contributed by atoms with Crippen molar-refractivity contribution < 1.29 is 13.2 Å². The van der Waals surface area contributed by atoms with Crippen LogP contribution in [0.2, 0.25) is 0 Å². The molecule has 0 radical (unpaired) electrons. The van der Waals surface area contributed by atoms with Crippen LogP contribution < -0.4 is 0 Å². The van der Waals surface area contributed by atoms with E-state index < -0.39 is 11.7 Å². The largest absolute Gasteiger partial charge is 0.416 e. The van der Waals surface area contributed by atoms with Gasteiger partial charge in [0.15, 0.2) is 0 Å². The van der Waals surface area contributed by atoms with Crippen molar-refractivity contribution >= 4 is 0 Å². The average molecular weight is 280 g/mol. The van der Waals surface area contributed by atoms with E-state index in [1.807, 2.05) is 38.1 Å². The molecule has 0 bridgehead atoms. The summed E-state index contributed by atoms with van der Waals surface area (Å²) in [4.78, 5) is 0. The SMILES string of the molecule is CC.CCc1ccc(-c2ccc(C(F)(F)F)cc2)cc1. The van der Waals surface area contributed by atoms with E-state index in [2.05, 4.69) is 6.92 Å². The number of hydrogen-bond donors (Lipinski definition) is 0. The second kappa shape index (κ2) is 7.13. The first-order valence-corrected chi connectivity index (χ1v) is 6.77. The molecule has 0 atom stereocenters. The van der Waals surface area contributed by atoms with Gasteiger partial charge in [-0.15, -0.1) is 0 Å². The summed E-state index contributed by atoms with van der Waals surface area (Å²) < 4.78 is 37.3. The quantitative estimate of drug-likeness (QED) is 0.636. The molecular weight excluding hydrogens is 261 g/mol. The third-order valence-corrected chi connectivity index (χ3v) is 2.91. The van der Waals surface area contributed by atoms with Crippen LogP contribution in [0.3, 0.4) is 0 Å². The third kappa shape index (κ3) is 4.12. The minimum Gasteiger partial charge on any atom is -0.166 e. The average Bonchev–Trinajstić information content (AvgIpc) is 2.49.